The fraction of sp³-hybridized carbons (Fsp3) is 0.647. The van der Waals surface area contributed by atoms with Crippen molar-refractivity contribution >= 4 is 0 Å². The molecular formula is C17H28N2. The van der Waals surface area contributed by atoms with E-state index >= 15 is 0 Å². The van der Waals surface area contributed by atoms with E-state index in [1.54, 1.807) is 0 Å². The van der Waals surface area contributed by atoms with E-state index < -0.39 is 0 Å². The topological polar surface area (TPSA) is 29.3 Å². The maximum atomic E-state index is 6.11. The molecule has 0 spiro atoms. The van der Waals surface area contributed by atoms with Gasteiger partial charge in [0.15, 0.2) is 0 Å². The number of nitrogens with zero attached hydrogens (tertiary/aromatic N) is 1. The Bertz CT molecular complexity index is 387. The zero-order valence-electron chi connectivity index (χ0n) is 12.7. The third-order valence-electron chi connectivity index (χ3n) is 4.74. The average Bonchev–Trinajstić information content (AvgIpc) is 2.43. The predicted octanol–water partition coefficient (Wildman–Crippen LogP) is 3.57. The van der Waals surface area contributed by atoms with Gasteiger partial charge in [0.25, 0.3) is 0 Å². The van der Waals surface area contributed by atoms with Gasteiger partial charge < -0.3 is 5.73 Å². The van der Waals surface area contributed by atoms with Gasteiger partial charge >= 0.3 is 0 Å². The molecule has 2 nitrogen and oxygen atoms in total. The van der Waals surface area contributed by atoms with Gasteiger partial charge in [-0.05, 0) is 50.4 Å². The highest BCUT2D eigenvalue weighted by Gasteiger charge is 2.26. The third kappa shape index (κ3) is 3.18. The molecule has 1 aliphatic carbocycles. The standard InChI is InChI=1S/C17H28N2/c1-13-8-7-9-14(2)17(13)16(12-18)19(3)15-10-5-4-6-11-15/h7-9,15-16H,4-6,10-12,18H2,1-3H3. The van der Waals surface area contributed by atoms with Crippen molar-refractivity contribution in [1.29, 1.82) is 0 Å². The van der Waals surface area contributed by atoms with Crippen LogP contribution in [0.4, 0.5) is 0 Å². The van der Waals surface area contributed by atoms with E-state index in [1.165, 1.54) is 48.8 Å². The Balaban J connectivity index is 2.23. The van der Waals surface area contributed by atoms with Crippen LogP contribution in [0, 0.1) is 13.8 Å². The Morgan fingerprint density at radius 1 is 1.16 bits per heavy atom. The van der Waals surface area contributed by atoms with Gasteiger partial charge in [-0.15, -0.1) is 0 Å². The summed E-state index contributed by atoms with van der Waals surface area (Å²) in [4.78, 5) is 2.54. The van der Waals surface area contributed by atoms with Gasteiger partial charge in [-0.1, -0.05) is 37.5 Å². The van der Waals surface area contributed by atoms with Gasteiger partial charge in [0, 0.05) is 18.6 Å². The molecule has 0 aliphatic heterocycles. The Hall–Kier alpha value is -0.860. The van der Waals surface area contributed by atoms with Crippen molar-refractivity contribution in [2.45, 2.75) is 58.0 Å². The fourth-order valence-electron chi connectivity index (χ4n) is 3.58. The Kier molecular flexibility index (Phi) is 5.00. The molecule has 1 aromatic carbocycles. The van der Waals surface area contributed by atoms with Gasteiger partial charge in [0.2, 0.25) is 0 Å². The van der Waals surface area contributed by atoms with Crippen LogP contribution in [0.15, 0.2) is 18.2 Å². The van der Waals surface area contributed by atoms with E-state index in [-0.39, 0.29) is 0 Å². The number of nitrogens with two attached hydrogens (primary N) is 1. The first kappa shape index (κ1) is 14.5. The molecule has 1 aromatic rings. The van der Waals surface area contributed by atoms with Gasteiger partial charge in [-0.3, -0.25) is 4.90 Å². The number of hydrogen-bond donors (Lipinski definition) is 1. The third-order valence-corrected chi connectivity index (χ3v) is 4.74. The lowest BCUT2D eigenvalue weighted by Gasteiger charge is -2.38. The molecule has 2 heteroatoms. The maximum absolute atomic E-state index is 6.11. The van der Waals surface area contributed by atoms with E-state index in [4.69, 9.17) is 5.73 Å². The second kappa shape index (κ2) is 6.53. The maximum Gasteiger partial charge on any atom is 0.0475 e. The molecule has 1 atom stereocenters. The molecular weight excluding hydrogens is 232 g/mol. The van der Waals surface area contributed by atoms with Gasteiger partial charge in [-0.2, -0.15) is 0 Å². The summed E-state index contributed by atoms with van der Waals surface area (Å²) in [6, 6.07) is 7.63. The van der Waals surface area contributed by atoms with E-state index in [2.05, 4.69) is 44.0 Å². The summed E-state index contributed by atoms with van der Waals surface area (Å²) >= 11 is 0. The van der Waals surface area contributed by atoms with Crippen LogP contribution in [-0.4, -0.2) is 24.5 Å². The molecule has 0 heterocycles. The average molecular weight is 260 g/mol. The largest absolute Gasteiger partial charge is 0.329 e. The summed E-state index contributed by atoms with van der Waals surface area (Å²) in [5.74, 6) is 0. The molecule has 0 radical (unpaired) electrons. The Morgan fingerprint density at radius 3 is 2.26 bits per heavy atom. The van der Waals surface area contributed by atoms with Gasteiger partial charge in [-0.25, -0.2) is 0 Å². The van der Waals surface area contributed by atoms with E-state index in [9.17, 15) is 0 Å². The summed E-state index contributed by atoms with van der Waals surface area (Å²) in [5.41, 5.74) is 10.3. The zero-order valence-corrected chi connectivity index (χ0v) is 12.7. The monoisotopic (exact) mass is 260 g/mol. The number of likely N-dealkylation sites (N-methyl/N-ethyl adjacent to an activating group) is 1. The van der Waals surface area contributed by atoms with Gasteiger partial charge in [0.05, 0.1) is 0 Å². The lowest BCUT2D eigenvalue weighted by molar-refractivity contribution is 0.140. The Morgan fingerprint density at radius 2 is 1.74 bits per heavy atom. The first-order valence-corrected chi connectivity index (χ1v) is 7.63. The molecule has 0 saturated heterocycles. The molecule has 1 saturated carbocycles. The SMILES string of the molecule is Cc1cccc(C)c1C(CN)N(C)C1CCCCC1. The molecule has 0 aromatic heterocycles. The van der Waals surface area contributed by atoms with Crippen LogP contribution in [0.2, 0.25) is 0 Å². The smallest absolute Gasteiger partial charge is 0.0475 e. The van der Waals surface area contributed by atoms with E-state index in [1.807, 2.05) is 0 Å². The van der Waals surface area contributed by atoms with Crippen LogP contribution in [0.25, 0.3) is 0 Å². The van der Waals surface area contributed by atoms with Gasteiger partial charge in [0.1, 0.15) is 0 Å². The summed E-state index contributed by atoms with van der Waals surface area (Å²) in [5, 5.41) is 0. The highest BCUT2D eigenvalue weighted by atomic mass is 15.2. The minimum Gasteiger partial charge on any atom is -0.329 e. The number of hydrogen-bond acceptors (Lipinski definition) is 2. The first-order chi connectivity index (χ1) is 9.15. The van der Waals surface area contributed by atoms with Crippen molar-refractivity contribution in [2.75, 3.05) is 13.6 Å². The van der Waals surface area contributed by atoms with Crippen molar-refractivity contribution in [3.05, 3.63) is 34.9 Å². The number of aryl methyl sites for hydroxylation is 2. The molecule has 1 unspecified atom stereocenters. The number of benzene rings is 1. The number of rotatable bonds is 4. The van der Waals surface area contributed by atoms with E-state index in [0.717, 1.165) is 0 Å². The molecule has 0 bridgehead atoms. The summed E-state index contributed by atoms with van der Waals surface area (Å²) in [6.45, 7) is 5.12. The van der Waals surface area contributed by atoms with Crippen LogP contribution in [0.5, 0.6) is 0 Å². The normalized spacial score (nSPS) is 18.8. The highest BCUT2D eigenvalue weighted by molar-refractivity contribution is 5.36. The van der Waals surface area contributed by atoms with E-state index in [0.29, 0.717) is 18.6 Å². The second-order valence-corrected chi connectivity index (χ2v) is 6.01. The molecule has 19 heavy (non-hydrogen) atoms. The quantitative estimate of drug-likeness (QED) is 0.896. The fourth-order valence-corrected chi connectivity index (χ4v) is 3.58. The molecule has 106 valence electrons. The molecule has 1 aliphatic rings. The lowest BCUT2D eigenvalue weighted by atomic mass is 9.90. The van der Waals surface area contributed by atoms with Crippen LogP contribution >= 0.6 is 0 Å². The first-order valence-electron chi connectivity index (χ1n) is 7.63. The molecule has 1 fully saturated rings. The van der Waals surface area contributed by atoms with Crippen molar-refractivity contribution in [2.24, 2.45) is 5.73 Å². The summed E-state index contributed by atoms with van der Waals surface area (Å²) < 4.78 is 0. The van der Waals surface area contributed by atoms with Crippen LogP contribution in [-0.2, 0) is 0 Å². The Labute approximate surface area is 118 Å². The second-order valence-electron chi connectivity index (χ2n) is 6.01. The van der Waals surface area contributed by atoms with Crippen molar-refractivity contribution in [3.8, 4) is 0 Å². The summed E-state index contributed by atoms with van der Waals surface area (Å²) in [6.07, 6.45) is 6.81. The zero-order chi connectivity index (χ0) is 13.8. The lowest BCUT2D eigenvalue weighted by Crippen LogP contribution is -2.40. The van der Waals surface area contributed by atoms with Crippen LogP contribution in [0.1, 0.15) is 54.8 Å². The van der Waals surface area contributed by atoms with Crippen LogP contribution in [0.3, 0.4) is 0 Å². The predicted molar refractivity (Wildman–Crippen MR) is 82.3 cm³/mol. The minimum absolute atomic E-state index is 0.365. The van der Waals surface area contributed by atoms with Crippen molar-refractivity contribution in [1.82, 2.24) is 4.90 Å². The van der Waals surface area contributed by atoms with Crippen molar-refractivity contribution < 1.29 is 0 Å². The highest BCUT2D eigenvalue weighted by Crippen LogP contribution is 2.31. The van der Waals surface area contributed by atoms with Crippen molar-refractivity contribution in [3.63, 3.8) is 0 Å². The minimum atomic E-state index is 0.365. The molecule has 0 amide bonds. The molecule has 2 N–H and O–H groups in total. The van der Waals surface area contributed by atoms with Crippen LogP contribution < -0.4 is 5.73 Å². The summed E-state index contributed by atoms with van der Waals surface area (Å²) in [7, 11) is 2.26. The molecule has 2 rings (SSSR count).